The Hall–Kier alpha value is 0.340. The van der Waals surface area contributed by atoms with Crippen molar-refractivity contribution in [1.29, 1.82) is 0 Å². The number of aliphatic hydroxyl groups excluding tert-OH is 2. The van der Waals surface area contributed by atoms with Crippen molar-refractivity contribution >= 4 is 81.8 Å². The minimum absolute atomic E-state index is 0.626. The van der Waals surface area contributed by atoms with Crippen LogP contribution in [0.15, 0.2) is 12.2 Å². The van der Waals surface area contributed by atoms with E-state index in [1.54, 1.807) is 10.9 Å². The first-order valence-corrected chi connectivity index (χ1v) is 13.8. The third-order valence-corrected chi connectivity index (χ3v) is 7.71. The molecular weight excluding hydrogens is 569 g/mol. The van der Waals surface area contributed by atoms with Crippen molar-refractivity contribution in [2.75, 3.05) is 6.61 Å². The van der Waals surface area contributed by atoms with Gasteiger partial charge in [0.1, 0.15) is 0 Å². The molecule has 0 unspecified atom stereocenters. The summed E-state index contributed by atoms with van der Waals surface area (Å²) >= 11 is 35.8. The van der Waals surface area contributed by atoms with Crippen LogP contribution < -0.4 is 9.67 Å². The minimum atomic E-state index is -2.39. The van der Waals surface area contributed by atoms with Gasteiger partial charge in [-0.1, -0.05) is 123 Å². The van der Waals surface area contributed by atoms with Crippen LogP contribution in [0.4, 0.5) is 0 Å². The number of carbonyl (C=O) groups excluding carboxylic acids is 2. The largest absolute Gasteiger partial charge is 0.394 e. The highest BCUT2D eigenvalue weighted by Crippen LogP contribution is 2.47. The van der Waals surface area contributed by atoms with Crippen LogP contribution in [0.25, 0.3) is 0 Å². The summed E-state index contributed by atoms with van der Waals surface area (Å²) in [7, 11) is 0. The summed E-state index contributed by atoms with van der Waals surface area (Å²) in [6.45, 7) is 1.37. The molecule has 0 aromatic rings. The second-order valence-electron chi connectivity index (χ2n) is 8.29. The first kappa shape index (κ1) is 34.3. The van der Waals surface area contributed by atoms with E-state index in [1.165, 1.54) is 51.0 Å². The van der Waals surface area contributed by atoms with Crippen LogP contribution in [0.3, 0.4) is 0 Å². The zero-order valence-electron chi connectivity index (χ0n) is 19.4. The number of halogens is 6. The highest BCUT2D eigenvalue weighted by molar-refractivity contribution is 6.61. The van der Waals surface area contributed by atoms with Gasteiger partial charge in [0.05, 0.1) is 12.7 Å². The Morgan fingerprint density at radius 3 is 1.71 bits per heavy atom. The molecule has 0 heterocycles. The van der Waals surface area contributed by atoms with E-state index in [9.17, 15) is 19.8 Å². The van der Waals surface area contributed by atoms with Crippen molar-refractivity contribution in [1.82, 2.24) is 9.67 Å². The number of hydrogen-bond acceptors (Lipinski definition) is 4. The molecule has 0 bridgehead atoms. The number of rotatable bonds is 19. The van der Waals surface area contributed by atoms with Crippen molar-refractivity contribution in [3.05, 3.63) is 12.2 Å². The van der Waals surface area contributed by atoms with Crippen LogP contribution in [0.5, 0.6) is 0 Å². The molecule has 0 spiro atoms. The van der Waals surface area contributed by atoms with E-state index in [-0.39, 0.29) is 0 Å². The molecule has 0 aliphatic heterocycles. The third-order valence-electron chi connectivity index (χ3n) is 5.67. The van der Waals surface area contributed by atoms with Gasteiger partial charge >= 0.3 is 0 Å². The van der Waals surface area contributed by atoms with Crippen LogP contribution in [-0.4, -0.2) is 43.4 Å². The molecule has 0 saturated carbocycles. The molecule has 12 heteroatoms. The summed E-state index contributed by atoms with van der Waals surface area (Å²) in [6, 6.07) is 0. The zero-order chi connectivity index (χ0) is 26.2. The summed E-state index contributed by atoms with van der Waals surface area (Å²) in [4.78, 5) is 28.1. The molecule has 0 radical (unpaired) electrons. The van der Waals surface area contributed by atoms with E-state index < -0.39 is 45.0 Å². The topological polar surface area (TPSA) is 98.7 Å². The van der Waals surface area contributed by atoms with Gasteiger partial charge in [-0.2, -0.15) is 0 Å². The summed E-state index contributed by atoms with van der Waals surface area (Å²) in [5.74, 6) is -4.94. The fourth-order valence-corrected chi connectivity index (χ4v) is 5.37. The van der Waals surface area contributed by atoms with Crippen LogP contribution in [0, 0.1) is 11.8 Å². The molecule has 0 aromatic carbocycles. The van der Waals surface area contributed by atoms with Crippen LogP contribution >= 0.6 is 70.0 Å². The molecule has 0 fully saturated rings. The highest BCUT2D eigenvalue weighted by atomic mass is 35.5. The number of allylic oxidation sites excluding steroid dienone is 2. The lowest BCUT2D eigenvalue weighted by Crippen LogP contribution is -2.55. The first-order valence-electron chi connectivity index (χ1n) is 11.6. The number of carbonyl (C=O) groups is 2. The molecule has 34 heavy (non-hydrogen) atoms. The van der Waals surface area contributed by atoms with E-state index in [2.05, 4.69) is 6.92 Å². The van der Waals surface area contributed by atoms with Crippen LogP contribution in [0.1, 0.15) is 77.6 Å². The molecule has 0 aromatic heterocycles. The van der Waals surface area contributed by atoms with Gasteiger partial charge in [-0.15, -0.1) is 0 Å². The summed E-state index contributed by atoms with van der Waals surface area (Å²) in [5, 5.41) is 20.0. The molecule has 4 N–H and O–H groups in total. The Morgan fingerprint density at radius 2 is 1.26 bits per heavy atom. The van der Waals surface area contributed by atoms with Gasteiger partial charge in [0.2, 0.25) is 8.67 Å². The fraction of sp³-hybridized carbons (Fsp3) is 0.818. The van der Waals surface area contributed by atoms with Crippen molar-refractivity contribution in [3.8, 4) is 0 Å². The average Bonchev–Trinajstić information content (AvgIpc) is 2.81. The molecule has 0 rings (SSSR count). The fourth-order valence-electron chi connectivity index (χ4n) is 3.71. The number of nitrogens with one attached hydrogen (secondary N) is 2. The molecular formula is C22H36Cl6N2O4. The second-order valence-corrected chi connectivity index (χ2v) is 11.4. The van der Waals surface area contributed by atoms with E-state index in [1.807, 2.05) is 4.84 Å². The van der Waals surface area contributed by atoms with Crippen molar-refractivity contribution < 1.29 is 19.8 Å². The lowest BCUT2D eigenvalue weighted by molar-refractivity contribution is -0.126. The molecule has 200 valence electrons. The maximum Gasteiger partial charge on any atom is 0.271 e. The average molecular weight is 605 g/mol. The lowest BCUT2D eigenvalue weighted by atomic mass is 9.80. The van der Waals surface area contributed by atoms with Gasteiger partial charge in [-0.05, 0) is 12.8 Å². The predicted molar refractivity (Wildman–Crippen MR) is 143 cm³/mol. The maximum atomic E-state index is 12.3. The molecule has 6 nitrogen and oxygen atoms in total. The van der Waals surface area contributed by atoms with Gasteiger partial charge in [0.15, 0.2) is 0 Å². The Kier molecular flexibility index (Phi) is 18.7. The maximum absolute atomic E-state index is 12.3. The van der Waals surface area contributed by atoms with E-state index in [0.717, 1.165) is 19.3 Å². The summed E-state index contributed by atoms with van der Waals surface area (Å²) in [6.07, 6.45) is 13.9. The third kappa shape index (κ3) is 11.6. The van der Waals surface area contributed by atoms with E-state index >= 15 is 0 Å². The summed E-state index contributed by atoms with van der Waals surface area (Å²) in [5.41, 5.74) is 0. The predicted octanol–water partition coefficient (Wildman–Crippen LogP) is 6.33. The van der Waals surface area contributed by atoms with Crippen molar-refractivity contribution in [2.45, 2.75) is 92.3 Å². The number of amides is 2. The van der Waals surface area contributed by atoms with E-state index in [4.69, 9.17) is 70.0 Å². The van der Waals surface area contributed by atoms with Crippen molar-refractivity contribution in [2.24, 2.45) is 11.8 Å². The number of hydrogen-bond donors (Lipinski definition) is 4. The highest BCUT2D eigenvalue weighted by Gasteiger charge is 2.56. The smallest absolute Gasteiger partial charge is 0.271 e. The number of unbranched alkanes of at least 4 members (excludes halogenated alkanes) is 10. The normalized spacial score (nSPS) is 15.2. The van der Waals surface area contributed by atoms with Gasteiger partial charge in [0.25, 0.3) is 11.8 Å². The summed E-state index contributed by atoms with van der Waals surface area (Å²) < 4.78 is -4.67. The minimum Gasteiger partial charge on any atom is -0.394 e. The molecule has 0 saturated heterocycles. The van der Waals surface area contributed by atoms with Gasteiger partial charge < -0.3 is 10.2 Å². The SMILES string of the molecule is CCCCCCCCCCCC/C=C/[C@H]([C@H]([C@H](O)CO)C(Cl)(Cl)C(=O)NCl)C(Cl)(Cl)C(=O)NCl. The first-order chi connectivity index (χ1) is 16.0. The molecule has 0 aliphatic rings. The second kappa shape index (κ2) is 18.6. The van der Waals surface area contributed by atoms with Crippen LogP contribution in [0.2, 0.25) is 0 Å². The van der Waals surface area contributed by atoms with Gasteiger partial charge in [0, 0.05) is 35.4 Å². The van der Waals surface area contributed by atoms with Gasteiger partial charge in [-0.3, -0.25) is 19.3 Å². The Bertz CT molecular complexity index is 622. The van der Waals surface area contributed by atoms with Gasteiger partial charge in [-0.25, -0.2) is 0 Å². The Balaban J connectivity index is 5.23. The monoisotopic (exact) mass is 602 g/mol. The molecule has 3 atom stereocenters. The van der Waals surface area contributed by atoms with Crippen molar-refractivity contribution in [3.63, 3.8) is 0 Å². The van der Waals surface area contributed by atoms with Crippen LogP contribution in [-0.2, 0) is 9.59 Å². The molecule has 0 aliphatic carbocycles. The zero-order valence-corrected chi connectivity index (χ0v) is 23.9. The number of aliphatic hydroxyl groups is 2. The molecule has 2 amide bonds. The lowest BCUT2D eigenvalue weighted by Gasteiger charge is -2.39. The Labute approximate surface area is 233 Å². The Morgan fingerprint density at radius 1 is 0.824 bits per heavy atom. The number of alkyl halides is 4. The van der Waals surface area contributed by atoms with E-state index in [0.29, 0.717) is 6.42 Å². The standard InChI is InChI=1S/C22H36Cl6N2O4/c1-2-3-4-5-6-7-8-9-10-11-12-13-14-16(21(23,24)19(33)29-27)18(17(32)15-31)22(25,26)20(34)30-28/h13-14,16-18,31-32H,2-12,15H2,1H3,(H,29,33)(H,30,34)/b14-13+/t16-,17-,18-/m1/s1. The quantitative estimate of drug-likeness (QED) is 0.0599.